The number of aryl methyl sites for hydroxylation is 2. The maximum absolute atomic E-state index is 6.06. The fourth-order valence-electron chi connectivity index (χ4n) is 1.83. The van der Waals surface area contributed by atoms with E-state index in [9.17, 15) is 0 Å². The number of H-pyrrole nitrogens is 1. The van der Waals surface area contributed by atoms with E-state index in [1.165, 1.54) is 5.56 Å². The lowest BCUT2D eigenvalue weighted by Crippen LogP contribution is -2.25. The lowest BCUT2D eigenvalue weighted by atomic mass is 9.97. The fraction of sp³-hybridized carbons (Fsp3) is 0.727. The number of hydrogen-bond acceptors (Lipinski definition) is 2. The molecule has 1 aromatic rings. The van der Waals surface area contributed by atoms with Gasteiger partial charge in [-0.3, -0.25) is 5.10 Å². The van der Waals surface area contributed by atoms with Crippen molar-refractivity contribution in [3.05, 3.63) is 17.0 Å². The van der Waals surface area contributed by atoms with Crippen molar-refractivity contribution in [3.63, 3.8) is 0 Å². The minimum atomic E-state index is 0.255. The number of nitrogens with two attached hydrogens (primary N) is 1. The molecule has 1 rings (SSSR count). The van der Waals surface area contributed by atoms with Gasteiger partial charge in [0.1, 0.15) is 0 Å². The maximum Gasteiger partial charge on any atom is 0.0626 e. The Labute approximate surface area is 86.1 Å². The molecule has 0 amide bonds. The maximum atomic E-state index is 6.06. The van der Waals surface area contributed by atoms with Gasteiger partial charge in [-0.05, 0) is 38.2 Å². The van der Waals surface area contributed by atoms with E-state index < -0.39 is 0 Å². The van der Waals surface area contributed by atoms with Crippen molar-refractivity contribution in [2.45, 2.75) is 46.6 Å². The second-order valence-electron chi connectivity index (χ2n) is 4.51. The normalized spacial score (nSPS) is 13.6. The quantitative estimate of drug-likeness (QED) is 0.771. The summed E-state index contributed by atoms with van der Waals surface area (Å²) in [5.74, 6) is 0.664. The lowest BCUT2D eigenvalue weighted by molar-refractivity contribution is 0.492. The van der Waals surface area contributed by atoms with Gasteiger partial charge >= 0.3 is 0 Å². The molecule has 0 aliphatic carbocycles. The Morgan fingerprint density at radius 1 is 1.36 bits per heavy atom. The monoisotopic (exact) mass is 195 g/mol. The summed E-state index contributed by atoms with van der Waals surface area (Å²) in [6, 6.07) is 0.255. The van der Waals surface area contributed by atoms with Crippen LogP contribution in [0.25, 0.3) is 0 Å². The van der Waals surface area contributed by atoms with E-state index in [0.29, 0.717) is 5.92 Å². The third-order valence-corrected chi connectivity index (χ3v) is 2.52. The van der Waals surface area contributed by atoms with Crippen LogP contribution in [0, 0.1) is 19.8 Å². The molecule has 3 N–H and O–H groups in total. The average Bonchev–Trinajstić information content (AvgIpc) is 2.34. The van der Waals surface area contributed by atoms with Gasteiger partial charge in [-0.25, -0.2) is 0 Å². The van der Waals surface area contributed by atoms with Crippen LogP contribution in [0.1, 0.15) is 37.2 Å². The van der Waals surface area contributed by atoms with Gasteiger partial charge in [-0.1, -0.05) is 13.8 Å². The predicted molar refractivity (Wildman–Crippen MR) is 59.2 cm³/mol. The Morgan fingerprint density at radius 3 is 2.43 bits per heavy atom. The van der Waals surface area contributed by atoms with Gasteiger partial charge in [0, 0.05) is 11.7 Å². The highest BCUT2D eigenvalue weighted by Gasteiger charge is 2.12. The van der Waals surface area contributed by atoms with E-state index in [2.05, 4.69) is 31.0 Å². The number of nitrogens with zero attached hydrogens (tertiary/aromatic N) is 1. The minimum absolute atomic E-state index is 0.255. The summed E-state index contributed by atoms with van der Waals surface area (Å²) >= 11 is 0. The van der Waals surface area contributed by atoms with Crippen LogP contribution in [0.3, 0.4) is 0 Å². The molecule has 0 fully saturated rings. The van der Waals surface area contributed by atoms with Crippen LogP contribution in [0.5, 0.6) is 0 Å². The van der Waals surface area contributed by atoms with E-state index in [1.54, 1.807) is 0 Å². The number of aromatic amines is 1. The van der Waals surface area contributed by atoms with Gasteiger partial charge in [0.2, 0.25) is 0 Å². The highest BCUT2D eigenvalue weighted by molar-refractivity contribution is 5.24. The predicted octanol–water partition coefficient (Wildman–Crippen LogP) is 1.94. The molecule has 0 saturated carbocycles. The van der Waals surface area contributed by atoms with Crippen molar-refractivity contribution >= 4 is 0 Å². The molecule has 1 aromatic heterocycles. The zero-order chi connectivity index (χ0) is 10.7. The van der Waals surface area contributed by atoms with Gasteiger partial charge < -0.3 is 5.73 Å². The minimum Gasteiger partial charge on any atom is -0.327 e. The summed E-state index contributed by atoms with van der Waals surface area (Å²) in [6.45, 7) is 8.49. The molecule has 3 nitrogen and oxygen atoms in total. The van der Waals surface area contributed by atoms with Crippen molar-refractivity contribution in [2.24, 2.45) is 11.7 Å². The molecule has 0 aliphatic heterocycles. The third kappa shape index (κ3) is 2.84. The second kappa shape index (κ2) is 4.60. The van der Waals surface area contributed by atoms with Gasteiger partial charge in [-0.15, -0.1) is 0 Å². The van der Waals surface area contributed by atoms with Crippen molar-refractivity contribution in [2.75, 3.05) is 0 Å². The van der Waals surface area contributed by atoms with Crippen LogP contribution in [0.4, 0.5) is 0 Å². The smallest absolute Gasteiger partial charge is 0.0626 e. The lowest BCUT2D eigenvalue weighted by Gasteiger charge is -2.13. The Hall–Kier alpha value is -0.830. The van der Waals surface area contributed by atoms with Crippen molar-refractivity contribution in [3.8, 4) is 0 Å². The Balaban J connectivity index is 2.59. The van der Waals surface area contributed by atoms with E-state index in [1.807, 2.05) is 6.92 Å². The van der Waals surface area contributed by atoms with Gasteiger partial charge in [0.05, 0.1) is 5.69 Å². The number of rotatable bonds is 4. The Morgan fingerprint density at radius 2 is 2.00 bits per heavy atom. The molecule has 0 aliphatic rings. The summed E-state index contributed by atoms with van der Waals surface area (Å²) < 4.78 is 0. The fourth-order valence-corrected chi connectivity index (χ4v) is 1.83. The molecule has 0 saturated heterocycles. The average molecular weight is 195 g/mol. The molecule has 0 radical (unpaired) electrons. The SMILES string of the molecule is Cc1n[nH]c(C)c1CC(N)CC(C)C. The van der Waals surface area contributed by atoms with Crippen LogP contribution in [0.2, 0.25) is 0 Å². The first-order chi connectivity index (χ1) is 6.50. The molecule has 14 heavy (non-hydrogen) atoms. The molecule has 0 bridgehead atoms. The largest absolute Gasteiger partial charge is 0.327 e. The van der Waals surface area contributed by atoms with Crippen molar-refractivity contribution in [1.29, 1.82) is 0 Å². The molecular weight excluding hydrogens is 174 g/mol. The highest BCUT2D eigenvalue weighted by atomic mass is 15.1. The molecule has 0 spiro atoms. The summed E-state index contributed by atoms with van der Waals surface area (Å²) in [7, 11) is 0. The zero-order valence-corrected chi connectivity index (χ0v) is 9.59. The Bertz CT molecular complexity index is 269. The number of aromatic nitrogens is 2. The van der Waals surface area contributed by atoms with E-state index >= 15 is 0 Å². The van der Waals surface area contributed by atoms with E-state index in [4.69, 9.17) is 5.73 Å². The standard InChI is InChI=1S/C11H21N3/c1-7(2)5-10(12)6-11-8(3)13-14-9(11)4/h7,10H,5-6,12H2,1-4H3,(H,13,14). The van der Waals surface area contributed by atoms with Crippen LogP contribution < -0.4 is 5.73 Å². The van der Waals surface area contributed by atoms with Gasteiger partial charge in [0.25, 0.3) is 0 Å². The first kappa shape index (κ1) is 11.2. The first-order valence-corrected chi connectivity index (χ1v) is 5.26. The topological polar surface area (TPSA) is 54.7 Å². The van der Waals surface area contributed by atoms with Crippen LogP contribution in [0.15, 0.2) is 0 Å². The molecule has 0 aromatic carbocycles. The third-order valence-electron chi connectivity index (χ3n) is 2.52. The summed E-state index contributed by atoms with van der Waals surface area (Å²) in [5, 5.41) is 7.16. The molecule has 1 atom stereocenters. The first-order valence-electron chi connectivity index (χ1n) is 5.26. The molecule has 80 valence electrons. The molecule has 1 heterocycles. The van der Waals surface area contributed by atoms with E-state index in [0.717, 1.165) is 24.2 Å². The van der Waals surface area contributed by atoms with Gasteiger partial charge in [-0.2, -0.15) is 5.10 Å². The van der Waals surface area contributed by atoms with Crippen molar-refractivity contribution in [1.82, 2.24) is 10.2 Å². The molecular formula is C11H21N3. The van der Waals surface area contributed by atoms with Crippen molar-refractivity contribution < 1.29 is 0 Å². The molecule has 1 unspecified atom stereocenters. The number of hydrogen-bond donors (Lipinski definition) is 2. The second-order valence-corrected chi connectivity index (χ2v) is 4.51. The van der Waals surface area contributed by atoms with Crippen LogP contribution in [-0.2, 0) is 6.42 Å². The Kier molecular flexibility index (Phi) is 3.69. The molecule has 3 heteroatoms. The number of nitrogens with one attached hydrogen (secondary N) is 1. The van der Waals surface area contributed by atoms with Crippen LogP contribution >= 0.6 is 0 Å². The summed E-state index contributed by atoms with van der Waals surface area (Å²) in [5.41, 5.74) is 9.59. The van der Waals surface area contributed by atoms with E-state index in [-0.39, 0.29) is 6.04 Å². The zero-order valence-electron chi connectivity index (χ0n) is 9.59. The summed E-state index contributed by atoms with van der Waals surface area (Å²) in [4.78, 5) is 0. The highest BCUT2D eigenvalue weighted by Crippen LogP contribution is 2.14. The van der Waals surface area contributed by atoms with Gasteiger partial charge in [0.15, 0.2) is 0 Å². The van der Waals surface area contributed by atoms with Crippen LogP contribution in [-0.4, -0.2) is 16.2 Å². The summed E-state index contributed by atoms with van der Waals surface area (Å²) in [6.07, 6.45) is 2.01.